The van der Waals surface area contributed by atoms with Crippen molar-refractivity contribution in [2.24, 2.45) is 0 Å². The highest BCUT2D eigenvalue weighted by Gasteiger charge is 2.10. The van der Waals surface area contributed by atoms with E-state index in [1.54, 1.807) is 17.8 Å². The van der Waals surface area contributed by atoms with Gasteiger partial charge in [-0.15, -0.1) is 0 Å². The zero-order valence-electron chi connectivity index (χ0n) is 13.2. The van der Waals surface area contributed by atoms with Gasteiger partial charge in [0.25, 0.3) is 0 Å². The Hall–Kier alpha value is -3.05. The average molecular weight is 357 g/mol. The van der Waals surface area contributed by atoms with Crippen LogP contribution in [-0.2, 0) is 10.5 Å². The number of thioether (sulfide) groups is 1. The fourth-order valence-electron chi connectivity index (χ4n) is 1.93. The SMILES string of the molecule is N#Cc1ccccc1CSCCNC(=O)/C=C/c1ccc([N+](=O)[O-])o1. The van der Waals surface area contributed by atoms with Gasteiger partial charge >= 0.3 is 5.88 Å². The smallest absolute Gasteiger partial charge is 0.401 e. The van der Waals surface area contributed by atoms with E-state index in [4.69, 9.17) is 9.68 Å². The van der Waals surface area contributed by atoms with Gasteiger partial charge < -0.3 is 9.73 Å². The second-order valence-corrected chi connectivity index (χ2v) is 5.98. The van der Waals surface area contributed by atoms with Crippen molar-refractivity contribution in [3.63, 3.8) is 0 Å². The highest BCUT2D eigenvalue weighted by atomic mass is 32.2. The second-order valence-electron chi connectivity index (χ2n) is 4.88. The van der Waals surface area contributed by atoms with Gasteiger partial charge in [-0.25, -0.2) is 0 Å². The molecule has 1 amide bonds. The monoisotopic (exact) mass is 357 g/mol. The number of nitriles is 1. The first-order chi connectivity index (χ1) is 12.1. The third kappa shape index (κ3) is 5.82. The predicted molar refractivity (Wildman–Crippen MR) is 94.7 cm³/mol. The maximum Gasteiger partial charge on any atom is 0.433 e. The number of nitrogens with zero attached hydrogens (tertiary/aromatic N) is 2. The van der Waals surface area contributed by atoms with Crippen molar-refractivity contribution in [1.29, 1.82) is 5.26 Å². The number of hydrogen-bond donors (Lipinski definition) is 1. The summed E-state index contributed by atoms with van der Waals surface area (Å²) in [7, 11) is 0. The number of rotatable bonds is 8. The maximum atomic E-state index is 11.7. The molecule has 128 valence electrons. The van der Waals surface area contributed by atoms with Crippen LogP contribution in [0.25, 0.3) is 6.08 Å². The number of hydrogen-bond acceptors (Lipinski definition) is 6. The van der Waals surface area contributed by atoms with Crippen LogP contribution in [0.1, 0.15) is 16.9 Å². The summed E-state index contributed by atoms with van der Waals surface area (Å²) in [6.07, 6.45) is 2.64. The summed E-state index contributed by atoms with van der Waals surface area (Å²) in [4.78, 5) is 21.5. The molecule has 7 nitrogen and oxygen atoms in total. The van der Waals surface area contributed by atoms with E-state index in [9.17, 15) is 14.9 Å². The predicted octanol–water partition coefficient (Wildman–Crippen LogP) is 3.12. The first kappa shape index (κ1) is 18.3. The fourth-order valence-corrected chi connectivity index (χ4v) is 2.79. The van der Waals surface area contributed by atoms with Crippen LogP contribution >= 0.6 is 11.8 Å². The highest BCUT2D eigenvalue weighted by molar-refractivity contribution is 7.98. The molecule has 1 aromatic carbocycles. The van der Waals surface area contributed by atoms with Gasteiger partial charge in [-0.3, -0.25) is 14.9 Å². The van der Waals surface area contributed by atoms with Crippen molar-refractivity contribution in [2.75, 3.05) is 12.3 Å². The van der Waals surface area contributed by atoms with Crippen molar-refractivity contribution >= 4 is 29.6 Å². The lowest BCUT2D eigenvalue weighted by Crippen LogP contribution is -2.23. The van der Waals surface area contributed by atoms with Gasteiger partial charge in [-0.05, 0) is 23.8 Å². The van der Waals surface area contributed by atoms with E-state index in [0.29, 0.717) is 23.6 Å². The Bertz CT molecular complexity index is 823. The summed E-state index contributed by atoms with van der Waals surface area (Å²) in [5.41, 5.74) is 1.63. The van der Waals surface area contributed by atoms with E-state index >= 15 is 0 Å². The molecule has 2 aromatic rings. The van der Waals surface area contributed by atoms with E-state index in [0.717, 1.165) is 5.56 Å². The number of nitro groups is 1. The van der Waals surface area contributed by atoms with Crippen LogP contribution in [0, 0.1) is 21.4 Å². The first-order valence-electron chi connectivity index (χ1n) is 7.36. The van der Waals surface area contributed by atoms with E-state index in [1.807, 2.05) is 18.2 Å². The van der Waals surface area contributed by atoms with Crippen molar-refractivity contribution < 1.29 is 14.1 Å². The van der Waals surface area contributed by atoms with Gasteiger partial charge in [0.15, 0.2) is 0 Å². The molecule has 8 heteroatoms. The van der Waals surface area contributed by atoms with Gasteiger partial charge in [0, 0.05) is 24.1 Å². The van der Waals surface area contributed by atoms with Crippen molar-refractivity contribution in [3.05, 3.63) is 69.5 Å². The van der Waals surface area contributed by atoms with Crippen LogP contribution in [-0.4, -0.2) is 23.1 Å². The van der Waals surface area contributed by atoms with Gasteiger partial charge in [0.1, 0.15) is 10.7 Å². The van der Waals surface area contributed by atoms with Gasteiger partial charge in [0.2, 0.25) is 5.91 Å². The molecule has 0 saturated carbocycles. The minimum atomic E-state index is -0.640. The van der Waals surface area contributed by atoms with Crippen molar-refractivity contribution in [2.45, 2.75) is 5.75 Å². The number of carbonyl (C=O) groups excluding carboxylic acids is 1. The third-order valence-electron chi connectivity index (χ3n) is 3.13. The lowest BCUT2D eigenvalue weighted by Gasteiger charge is -2.04. The molecule has 2 rings (SSSR count). The summed E-state index contributed by atoms with van der Waals surface area (Å²) in [5.74, 6) is 0.965. The summed E-state index contributed by atoms with van der Waals surface area (Å²) in [5, 5.41) is 22.2. The van der Waals surface area contributed by atoms with E-state index < -0.39 is 4.92 Å². The molecule has 0 aliphatic carbocycles. The molecule has 0 aliphatic heterocycles. The Morgan fingerprint density at radius 1 is 1.36 bits per heavy atom. The Morgan fingerprint density at radius 2 is 2.16 bits per heavy atom. The topological polar surface area (TPSA) is 109 Å². The Balaban J connectivity index is 1.69. The number of amides is 1. The standard InChI is InChI=1S/C17H15N3O4S/c18-11-13-3-1-2-4-14(13)12-25-10-9-19-16(21)7-5-15-6-8-17(24-15)20(22)23/h1-8H,9-10,12H2,(H,19,21)/b7-5+. The molecule has 0 bridgehead atoms. The van der Waals surface area contributed by atoms with Crippen LogP contribution < -0.4 is 5.32 Å². The zero-order valence-corrected chi connectivity index (χ0v) is 14.0. The summed E-state index contributed by atoms with van der Waals surface area (Å²) >= 11 is 1.62. The number of carbonyl (C=O) groups is 1. The quantitative estimate of drug-likeness (QED) is 0.336. The van der Waals surface area contributed by atoms with Crippen LogP contribution in [0.2, 0.25) is 0 Å². The normalized spacial score (nSPS) is 10.5. The minimum Gasteiger partial charge on any atom is -0.401 e. The molecule has 0 atom stereocenters. The average Bonchev–Trinajstić information content (AvgIpc) is 3.09. The molecule has 0 aliphatic rings. The Kier molecular flexibility index (Phi) is 6.80. The Labute approximate surface area is 148 Å². The maximum absolute atomic E-state index is 11.7. The van der Waals surface area contributed by atoms with Crippen LogP contribution in [0.5, 0.6) is 0 Å². The number of nitrogens with one attached hydrogen (secondary N) is 1. The van der Waals surface area contributed by atoms with E-state index in [2.05, 4.69) is 11.4 Å². The van der Waals surface area contributed by atoms with Crippen molar-refractivity contribution in [3.8, 4) is 6.07 Å². The lowest BCUT2D eigenvalue weighted by molar-refractivity contribution is -0.402. The van der Waals surface area contributed by atoms with Crippen LogP contribution in [0.4, 0.5) is 5.88 Å². The highest BCUT2D eigenvalue weighted by Crippen LogP contribution is 2.17. The second kappa shape index (κ2) is 9.30. The van der Waals surface area contributed by atoms with Crippen LogP contribution in [0.3, 0.4) is 0 Å². The molecular formula is C17H15N3O4S. The molecule has 0 spiro atoms. The molecule has 1 N–H and O–H groups in total. The van der Waals surface area contributed by atoms with Crippen molar-refractivity contribution in [1.82, 2.24) is 5.32 Å². The summed E-state index contributed by atoms with van der Waals surface area (Å²) in [6, 6.07) is 12.2. The first-order valence-corrected chi connectivity index (χ1v) is 8.51. The van der Waals surface area contributed by atoms with Gasteiger partial charge in [-0.1, -0.05) is 18.2 Å². The van der Waals surface area contributed by atoms with E-state index in [1.165, 1.54) is 24.3 Å². The lowest BCUT2D eigenvalue weighted by atomic mass is 10.1. The molecule has 1 aromatic heterocycles. The van der Waals surface area contributed by atoms with Crippen LogP contribution in [0.15, 0.2) is 46.9 Å². The summed E-state index contributed by atoms with van der Waals surface area (Å²) < 4.78 is 4.91. The molecule has 0 radical (unpaired) electrons. The summed E-state index contributed by atoms with van der Waals surface area (Å²) in [6.45, 7) is 0.473. The van der Waals surface area contributed by atoms with E-state index in [-0.39, 0.29) is 17.6 Å². The van der Waals surface area contributed by atoms with Gasteiger partial charge in [0.05, 0.1) is 17.7 Å². The van der Waals surface area contributed by atoms with Gasteiger partial charge in [-0.2, -0.15) is 17.0 Å². The minimum absolute atomic E-state index is 0.240. The Morgan fingerprint density at radius 3 is 2.88 bits per heavy atom. The molecule has 25 heavy (non-hydrogen) atoms. The fraction of sp³-hybridized carbons (Fsp3) is 0.176. The third-order valence-corrected chi connectivity index (χ3v) is 4.14. The zero-order chi connectivity index (χ0) is 18.1. The largest absolute Gasteiger partial charge is 0.433 e. The number of furan rings is 1. The molecule has 0 fully saturated rings. The molecular weight excluding hydrogens is 342 g/mol. The molecule has 1 heterocycles. The molecule has 0 unspecified atom stereocenters. The molecule has 0 saturated heterocycles. The number of benzene rings is 1.